The van der Waals surface area contributed by atoms with Crippen LogP contribution in [-0.4, -0.2) is 38.4 Å². The Balaban J connectivity index is 1.56. The maximum absolute atomic E-state index is 12.9. The largest absolute Gasteiger partial charge is 0.334 e. The van der Waals surface area contributed by atoms with Crippen LogP contribution >= 0.6 is 0 Å². The van der Waals surface area contributed by atoms with Gasteiger partial charge in [-0.05, 0) is 43.7 Å². The summed E-state index contributed by atoms with van der Waals surface area (Å²) in [6.45, 7) is 0.859. The molecule has 0 N–H and O–H groups in total. The lowest BCUT2D eigenvalue weighted by Gasteiger charge is -2.43. The van der Waals surface area contributed by atoms with Crippen molar-refractivity contribution in [1.29, 1.82) is 0 Å². The predicted molar refractivity (Wildman–Crippen MR) is 87.4 cm³/mol. The molecular weight excluding hydrogens is 288 g/mol. The summed E-state index contributed by atoms with van der Waals surface area (Å²) in [6.07, 6.45) is 8.94. The Bertz CT molecular complexity index is 679. The third kappa shape index (κ3) is 2.76. The normalized spacial score (nSPS) is 24.3. The number of carbonyl (C=O) groups is 1. The molecule has 1 saturated carbocycles. The smallest absolute Gasteiger partial charge is 0.276 e. The number of para-hydroxylation sites is 1. The first-order valence-electron chi connectivity index (χ1n) is 8.62. The van der Waals surface area contributed by atoms with E-state index >= 15 is 0 Å². The number of likely N-dealkylation sites (tertiary alicyclic amines) is 1. The topological polar surface area (TPSA) is 51.0 Å². The first kappa shape index (κ1) is 14.4. The van der Waals surface area contributed by atoms with Crippen molar-refractivity contribution in [3.05, 3.63) is 42.2 Å². The zero-order valence-corrected chi connectivity index (χ0v) is 13.3. The van der Waals surface area contributed by atoms with Crippen LogP contribution in [0.25, 0.3) is 5.69 Å². The van der Waals surface area contributed by atoms with Crippen LogP contribution in [-0.2, 0) is 0 Å². The first-order chi connectivity index (χ1) is 11.3. The lowest BCUT2D eigenvalue weighted by molar-refractivity contribution is 0.0385. The van der Waals surface area contributed by atoms with Gasteiger partial charge in [0.1, 0.15) is 0 Å². The molecule has 1 aliphatic carbocycles. The molecule has 2 unspecified atom stereocenters. The standard InChI is InChI=1S/C18H22N4O/c23-18(21-12-6-8-14-7-4-5-11-17(14)21)16-13-19-22(20-16)15-9-2-1-3-10-15/h1-3,9-10,13-14,17H,4-8,11-12H2. The number of nitrogens with zero attached hydrogens (tertiary/aromatic N) is 4. The van der Waals surface area contributed by atoms with Gasteiger partial charge in [-0.25, -0.2) is 0 Å². The van der Waals surface area contributed by atoms with Crippen LogP contribution in [0.4, 0.5) is 0 Å². The number of hydrogen-bond acceptors (Lipinski definition) is 3. The summed E-state index contributed by atoms with van der Waals surface area (Å²) in [6, 6.07) is 10.1. The Morgan fingerprint density at radius 3 is 2.70 bits per heavy atom. The minimum absolute atomic E-state index is 0.0452. The maximum atomic E-state index is 12.9. The van der Waals surface area contributed by atoms with E-state index in [-0.39, 0.29) is 5.91 Å². The van der Waals surface area contributed by atoms with Gasteiger partial charge in [0.25, 0.3) is 5.91 Å². The molecule has 1 aliphatic heterocycles. The molecule has 1 aromatic carbocycles. The van der Waals surface area contributed by atoms with Crippen molar-refractivity contribution in [1.82, 2.24) is 19.9 Å². The zero-order valence-electron chi connectivity index (χ0n) is 13.3. The summed E-state index contributed by atoms with van der Waals surface area (Å²) in [5.74, 6) is 0.731. The summed E-state index contributed by atoms with van der Waals surface area (Å²) in [5, 5.41) is 8.67. The highest BCUT2D eigenvalue weighted by Crippen LogP contribution is 2.35. The van der Waals surface area contributed by atoms with Gasteiger partial charge in [0.2, 0.25) is 0 Å². The third-order valence-electron chi connectivity index (χ3n) is 5.20. The minimum Gasteiger partial charge on any atom is -0.334 e. The lowest BCUT2D eigenvalue weighted by Crippen LogP contribution is -2.49. The predicted octanol–water partition coefficient (Wildman–Crippen LogP) is 3.06. The van der Waals surface area contributed by atoms with Crippen molar-refractivity contribution in [3.8, 4) is 5.69 Å². The number of benzene rings is 1. The van der Waals surface area contributed by atoms with Crippen LogP contribution in [0.5, 0.6) is 0 Å². The highest BCUT2D eigenvalue weighted by atomic mass is 16.2. The van der Waals surface area contributed by atoms with Gasteiger partial charge < -0.3 is 4.90 Å². The van der Waals surface area contributed by atoms with E-state index in [9.17, 15) is 4.79 Å². The van der Waals surface area contributed by atoms with Crippen LogP contribution < -0.4 is 0 Å². The maximum Gasteiger partial charge on any atom is 0.276 e. The summed E-state index contributed by atoms with van der Waals surface area (Å²) < 4.78 is 0. The minimum atomic E-state index is 0.0452. The lowest BCUT2D eigenvalue weighted by atomic mass is 9.78. The molecule has 2 heterocycles. The molecule has 1 aromatic heterocycles. The summed E-state index contributed by atoms with van der Waals surface area (Å²) in [4.78, 5) is 16.5. The van der Waals surface area contributed by atoms with Crippen molar-refractivity contribution in [2.45, 2.75) is 44.6 Å². The van der Waals surface area contributed by atoms with Crippen LogP contribution in [0.2, 0.25) is 0 Å². The van der Waals surface area contributed by atoms with E-state index in [2.05, 4.69) is 15.1 Å². The second-order valence-electron chi connectivity index (χ2n) is 6.61. The number of fused-ring (bicyclic) bond motifs is 1. The molecule has 120 valence electrons. The third-order valence-corrected chi connectivity index (χ3v) is 5.20. The highest BCUT2D eigenvalue weighted by Gasteiger charge is 2.36. The van der Waals surface area contributed by atoms with Gasteiger partial charge in [0, 0.05) is 12.6 Å². The number of amides is 1. The van der Waals surface area contributed by atoms with Gasteiger partial charge in [0.15, 0.2) is 5.69 Å². The average Bonchev–Trinajstić information content (AvgIpc) is 3.11. The SMILES string of the molecule is O=C(c1cnn(-c2ccccc2)n1)N1CCCC2CCCCC21. The zero-order chi connectivity index (χ0) is 15.6. The molecule has 5 nitrogen and oxygen atoms in total. The monoisotopic (exact) mass is 310 g/mol. The average molecular weight is 310 g/mol. The molecule has 2 atom stereocenters. The summed E-state index contributed by atoms with van der Waals surface area (Å²) in [5.41, 5.74) is 1.33. The number of hydrogen-bond donors (Lipinski definition) is 0. The van der Waals surface area contributed by atoms with Gasteiger partial charge in [-0.1, -0.05) is 31.0 Å². The Morgan fingerprint density at radius 2 is 1.83 bits per heavy atom. The Labute approximate surface area is 136 Å². The number of rotatable bonds is 2. The van der Waals surface area contributed by atoms with Crippen molar-refractivity contribution in [2.24, 2.45) is 5.92 Å². The van der Waals surface area contributed by atoms with Crippen LogP contribution in [0, 0.1) is 5.92 Å². The Hall–Kier alpha value is -2.17. The van der Waals surface area contributed by atoms with Crippen molar-refractivity contribution < 1.29 is 4.79 Å². The molecule has 4 rings (SSSR count). The molecule has 2 aromatic rings. The summed E-state index contributed by atoms with van der Waals surface area (Å²) in [7, 11) is 0. The highest BCUT2D eigenvalue weighted by molar-refractivity contribution is 5.92. The van der Waals surface area contributed by atoms with Crippen molar-refractivity contribution in [3.63, 3.8) is 0 Å². The number of piperidine rings is 1. The van der Waals surface area contributed by atoms with Crippen LogP contribution in [0.1, 0.15) is 49.0 Å². The summed E-state index contributed by atoms with van der Waals surface area (Å²) >= 11 is 0. The van der Waals surface area contributed by atoms with E-state index in [1.165, 1.54) is 30.5 Å². The van der Waals surface area contributed by atoms with Gasteiger partial charge in [-0.3, -0.25) is 4.79 Å². The Kier molecular flexibility index (Phi) is 3.85. The quantitative estimate of drug-likeness (QED) is 0.856. The molecule has 1 saturated heterocycles. The van der Waals surface area contributed by atoms with Gasteiger partial charge in [-0.15, -0.1) is 5.10 Å². The molecule has 2 aliphatic rings. The molecule has 0 spiro atoms. The molecule has 0 bridgehead atoms. The van der Waals surface area contributed by atoms with E-state index in [0.29, 0.717) is 17.7 Å². The molecule has 1 amide bonds. The van der Waals surface area contributed by atoms with E-state index in [0.717, 1.165) is 25.1 Å². The Morgan fingerprint density at radius 1 is 1.04 bits per heavy atom. The molecule has 2 fully saturated rings. The van der Waals surface area contributed by atoms with E-state index in [1.54, 1.807) is 6.20 Å². The fourth-order valence-corrected chi connectivity index (χ4v) is 4.07. The second kappa shape index (κ2) is 6.14. The number of carbonyl (C=O) groups excluding carboxylic acids is 1. The molecule has 0 radical (unpaired) electrons. The van der Waals surface area contributed by atoms with Gasteiger partial charge in [0.05, 0.1) is 11.9 Å². The first-order valence-corrected chi connectivity index (χ1v) is 8.62. The molecule has 5 heteroatoms. The second-order valence-corrected chi connectivity index (χ2v) is 6.61. The van der Waals surface area contributed by atoms with Gasteiger partial charge in [-0.2, -0.15) is 9.90 Å². The molecule has 23 heavy (non-hydrogen) atoms. The van der Waals surface area contributed by atoms with Crippen molar-refractivity contribution in [2.75, 3.05) is 6.54 Å². The van der Waals surface area contributed by atoms with Crippen LogP contribution in [0.15, 0.2) is 36.5 Å². The van der Waals surface area contributed by atoms with Gasteiger partial charge >= 0.3 is 0 Å². The van der Waals surface area contributed by atoms with E-state index in [4.69, 9.17) is 0 Å². The molecular formula is C18H22N4O. The number of aromatic nitrogens is 3. The fourth-order valence-electron chi connectivity index (χ4n) is 4.07. The van der Waals surface area contributed by atoms with Crippen LogP contribution in [0.3, 0.4) is 0 Å². The van der Waals surface area contributed by atoms with Crippen molar-refractivity contribution >= 4 is 5.91 Å². The van der Waals surface area contributed by atoms with E-state index < -0.39 is 0 Å². The fraction of sp³-hybridized carbons (Fsp3) is 0.500. The van der Waals surface area contributed by atoms with E-state index in [1.807, 2.05) is 30.3 Å².